The molecule has 0 spiro atoms. The van der Waals surface area contributed by atoms with Crippen molar-refractivity contribution in [2.45, 2.75) is 57.1 Å². The highest BCUT2D eigenvalue weighted by Crippen LogP contribution is 2.24. The molecule has 9 heteroatoms. The molecule has 0 aliphatic heterocycles. The lowest BCUT2D eigenvalue weighted by molar-refractivity contribution is -0.118. The number of aryl methyl sites for hydroxylation is 1. The Morgan fingerprint density at radius 1 is 1.34 bits per heavy atom. The van der Waals surface area contributed by atoms with Crippen LogP contribution >= 0.6 is 23.1 Å². The normalized spacial score (nSPS) is 14.4. The first-order chi connectivity index (χ1) is 14.2. The van der Waals surface area contributed by atoms with E-state index in [9.17, 15) is 9.59 Å². The number of hydrogen-bond acceptors (Lipinski definition) is 6. The van der Waals surface area contributed by atoms with Crippen LogP contribution in [-0.4, -0.2) is 37.4 Å². The summed E-state index contributed by atoms with van der Waals surface area (Å²) in [6, 6.07) is 1.91. The van der Waals surface area contributed by atoms with E-state index >= 15 is 0 Å². The molecule has 4 rings (SSSR count). The van der Waals surface area contributed by atoms with Gasteiger partial charge in [0.05, 0.1) is 11.3 Å². The van der Waals surface area contributed by atoms with Crippen LogP contribution in [0.5, 0.6) is 0 Å². The Morgan fingerprint density at radius 2 is 2.24 bits per heavy atom. The topological polar surface area (TPSA) is 81.3 Å². The molecule has 1 N–H and O–H groups in total. The molecule has 0 radical (unpaired) electrons. The van der Waals surface area contributed by atoms with E-state index in [1.54, 1.807) is 4.57 Å². The maximum absolute atomic E-state index is 12.7. The number of nitrogens with one attached hydrogen (secondary N) is 1. The molecule has 7 nitrogen and oxygen atoms in total. The van der Waals surface area contributed by atoms with Gasteiger partial charge in [0, 0.05) is 13.1 Å². The van der Waals surface area contributed by atoms with E-state index in [1.165, 1.54) is 47.9 Å². The fourth-order valence-corrected chi connectivity index (χ4v) is 5.29. The summed E-state index contributed by atoms with van der Waals surface area (Å²) in [4.78, 5) is 25.0. The number of thiophene rings is 1. The molecule has 3 aromatic heterocycles. The molecule has 1 aliphatic rings. The summed E-state index contributed by atoms with van der Waals surface area (Å²) in [5.74, 6) is 0.805. The first-order valence-electron chi connectivity index (χ1n) is 10.1. The molecule has 0 atom stereocenters. The van der Waals surface area contributed by atoms with Gasteiger partial charge in [0.15, 0.2) is 5.16 Å². The summed E-state index contributed by atoms with van der Waals surface area (Å²) in [5, 5.41) is 14.1. The molecule has 0 unspecified atom stereocenters. The van der Waals surface area contributed by atoms with Crippen molar-refractivity contribution in [2.24, 2.45) is 0 Å². The number of nitrogens with zero attached hydrogens (tertiary/aromatic N) is 4. The van der Waals surface area contributed by atoms with Crippen molar-refractivity contribution in [3.05, 3.63) is 33.4 Å². The van der Waals surface area contributed by atoms with Gasteiger partial charge < -0.3 is 5.32 Å². The largest absolute Gasteiger partial charge is 0.355 e. The molecule has 0 saturated heterocycles. The number of amides is 1. The van der Waals surface area contributed by atoms with E-state index < -0.39 is 0 Å². The second-order valence-corrected chi connectivity index (χ2v) is 9.07. The van der Waals surface area contributed by atoms with Gasteiger partial charge in [-0.05, 0) is 50.0 Å². The molecule has 0 saturated carbocycles. The Kier molecular flexibility index (Phi) is 6.34. The molecule has 0 fully saturated rings. The van der Waals surface area contributed by atoms with Gasteiger partial charge in [-0.1, -0.05) is 30.3 Å². The molecular formula is C20H25N5O2S2. The standard InChI is InChI=1S/C20H25N5O2S2/c1-2-11-24-18(27)17-15(9-12-28-17)25-19(24)22-23-20(25)29-13-16(26)21-10-8-14-6-4-3-5-7-14/h6,9,12H,2-5,7-8,10-11,13H2,1H3,(H,21,26). The third-order valence-corrected chi connectivity index (χ3v) is 6.94. The predicted octanol–water partition coefficient (Wildman–Crippen LogP) is 3.61. The first-order valence-corrected chi connectivity index (χ1v) is 12.0. The van der Waals surface area contributed by atoms with Crippen LogP contribution in [0, 0.1) is 0 Å². The van der Waals surface area contributed by atoms with Crippen molar-refractivity contribution in [3.8, 4) is 0 Å². The number of carbonyl (C=O) groups excluding carboxylic acids is 1. The van der Waals surface area contributed by atoms with E-state index in [1.807, 2.05) is 22.8 Å². The van der Waals surface area contributed by atoms with Crippen LogP contribution in [0.2, 0.25) is 0 Å². The predicted molar refractivity (Wildman–Crippen MR) is 118 cm³/mol. The summed E-state index contributed by atoms with van der Waals surface area (Å²) in [6.07, 6.45) is 8.95. The lowest BCUT2D eigenvalue weighted by Crippen LogP contribution is -2.26. The lowest BCUT2D eigenvalue weighted by Gasteiger charge is -2.12. The summed E-state index contributed by atoms with van der Waals surface area (Å²) in [7, 11) is 0. The zero-order chi connectivity index (χ0) is 20.2. The van der Waals surface area contributed by atoms with Crippen molar-refractivity contribution in [1.29, 1.82) is 0 Å². The highest BCUT2D eigenvalue weighted by molar-refractivity contribution is 7.99. The SMILES string of the molecule is CCCn1c(=O)c2sccc2n2c(SCC(=O)NCCC3=CCCCC3)nnc12. The maximum atomic E-state index is 12.7. The quantitative estimate of drug-likeness (QED) is 0.435. The maximum Gasteiger partial charge on any atom is 0.272 e. The summed E-state index contributed by atoms with van der Waals surface area (Å²) in [5.41, 5.74) is 2.24. The van der Waals surface area contributed by atoms with E-state index in [0.717, 1.165) is 24.8 Å². The van der Waals surface area contributed by atoms with Gasteiger partial charge in [-0.15, -0.1) is 21.5 Å². The fourth-order valence-electron chi connectivity index (χ4n) is 3.69. The van der Waals surface area contributed by atoms with E-state index in [4.69, 9.17) is 0 Å². The smallest absolute Gasteiger partial charge is 0.272 e. The highest BCUT2D eigenvalue weighted by atomic mass is 32.2. The van der Waals surface area contributed by atoms with E-state index in [0.29, 0.717) is 28.7 Å². The van der Waals surface area contributed by atoms with Crippen molar-refractivity contribution in [2.75, 3.05) is 12.3 Å². The fraction of sp³-hybridized carbons (Fsp3) is 0.500. The molecule has 0 aromatic carbocycles. The second kappa shape index (κ2) is 9.13. The summed E-state index contributed by atoms with van der Waals surface area (Å²) >= 11 is 2.78. The van der Waals surface area contributed by atoms with Crippen LogP contribution in [0.4, 0.5) is 0 Å². The Bertz CT molecular complexity index is 1110. The molecule has 154 valence electrons. The summed E-state index contributed by atoms with van der Waals surface area (Å²) < 4.78 is 4.26. The summed E-state index contributed by atoms with van der Waals surface area (Å²) in [6.45, 7) is 3.30. The third kappa shape index (κ3) is 4.25. The van der Waals surface area contributed by atoms with Gasteiger partial charge in [0.1, 0.15) is 4.70 Å². The van der Waals surface area contributed by atoms with Gasteiger partial charge in [0.2, 0.25) is 11.7 Å². The van der Waals surface area contributed by atoms with E-state index in [-0.39, 0.29) is 17.2 Å². The van der Waals surface area contributed by atoms with Crippen LogP contribution in [0.25, 0.3) is 16.0 Å². The average Bonchev–Trinajstić information content (AvgIpc) is 3.37. The minimum Gasteiger partial charge on any atom is -0.355 e. The van der Waals surface area contributed by atoms with Crippen molar-refractivity contribution < 1.29 is 4.79 Å². The Hall–Kier alpha value is -2.13. The minimum absolute atomic E-state index is 0.00778. The number of carbonyl (C=O) groups is 1. The Balaban J connectivity index is 1.46. The molecule has 3 heterocycles. The van der Waals surface area contributed by atoms with Gasteiger partial charge >= 0.3 is 0 Å². The van der Waals surface area contributed by atoms with Gasteiger partial charge in [0.25, 0.3) is 5.56 Å². The van der Waals surface area contributed by atoms with Crippen LogP contribution in [0.3, 0.4) is 0 Å². The monoisotopic (exact) mass is 431 g/mol. The zero-order valence-electron chi connectivity index (χ0n) is 16.5. The molecule has 29 heavy (non-hydrogen) atoms. The molecule has 0 bridgehead atoms. The highest BCUT2D eigenvalue weighted by Gasteiger charge is 2.18. The molecule has 1 aliphatic carbocycles. The number of allylic oxidation sites excluding steroid dienone is 1. The number of aromatic nitrogens is 4. The average molecular weight is 432 g/mol. The van der Waals surface area contributed by atoms with Crippen molar-refractivity contribution in [3.63, 3.8) is 0 Å². The molecular weight excluding hydrogens is 406 g/mol. The number of fused-ring (bicyclic) bond motifs is 3. The lowest BCUT2D eigenvalue weighted by atomic mass is 9.97. The minimum atomic E-state index is -0.0249. The molecule has 3 aromatic rings. The van der Waals surface area contributed by atoms with Crippen molar-refractivity contribution >= 4 is 45.0 Å². The number of thioether (sulfide) groups is 1. The van der Waals surface area contributed by atoms with Crippen LogP contribution in [0.15, 0.2) is 33.0 Å². The van der Waals surface area contributed by atoms with Gasteiger partial charge in [-0.2, -0.15) is 0 Å². The zero-order valence-corrected chi connectivity index (χ0v) is 18.2. The molecule has 1 amide bonds. The number of hydrogen-bond donors (Lipinski definition) is 1. The Morgan fingerprint density at radius 3 is 3.03 bits per heavy atom. The first kappa shape index (κ1) is 20.2. The second-order valence-electron chi connectivity index (χ2n) is 7.21. The Labute approximate surface area is 177 Å². The van der Waals surface area contributed by atoms with Crippen LogP contribution in [0.1, 0.15) is 45.4 Å². The van der Waals surface area contributed by atoms with Crippen LogP contribution < -0.4 is 10.9 Å². The van der Waals surface area contributed by atoms with Crippen LogP contribution in [-0.2, 0) is 11.3 Å². The van der Waals surface area contributed by atoms with E-state index in [2.05, 4.69) is 21.6 Å². The number of rotatable bonds is 8. The third-order valence-electron chi connectivity index (χ3n) is 5.12. The van der Waals surface area contributed by atoms with Crippen molar-refractivity contribution in [1.82, 2.24) is 24.5 Å². The van der Waals surface area contributed by atoms with Gasteiger partial charge in [-0.3, -0.25) is 18.6 Å². The van der Waals surface area contributed by atoms with Gasteiger partial charge in [-0.25, -0.2) is 0 Å².